The van der Waals surface area contributed by atoms with Crippen LogP contribution in [0.4, 0.5) is 13.2 Å². The second-order valence-electron chi connectivity index (χ2n) is 5.80. The molecule has 144 valence electrons. The van der Waals surface area contributed by atoms with Crippen molar-refractivity contribution in [3.63, 3.8) is 0 Å². The molecule has 3 rings (SSSR count). The molecule has 0 N–H and O–H groups in total. The van der Waals surface area contributed by atoms with E-state index in [4.69, 9.17) is 0 Å². The zero-order valence-electron chi connectivity index (χ0n) is 14.3. The lowest BCUT2D eigenvalue weighted by Crippen LogP contribution is -2.28. The van der Waals surface area contributed by atoms with Gasteiger partial charge in [0.05, 0.1) is 4.90 Å². The average molecular weight is 433 g/mol. The number of rotatable bonds is 5. The lowest BCUT2D eigenvalue weighted by molar-refractivity contribution is -0.0500. The van der Waals surface area contributed by atoms with Gasteiger partial charge in [0.2, 0.25) is 0 Å². The van der Waals surface area contributed by atoms with E-state index >= 15 is 0 Å². The van der Waals surface area contributed by atoms with Crippen LogP contribution in [0.25, 0.3) is 10.1 Å². The fourth-order valence-corrected chi connectivity index (χ4v) is 4.81. The molecule has 0 aliphatic heterocycles. The summed E-state index contributed by atoms with van der Waals surface area (Å²) in [7, 11) is -5.70. The van der Waals surface area contributed by atoms with E-state index < -0.39 is 15.6 Å². The van der Waals surface area contributed by atoms with E-state index in [-0.39, 0.29) is 11.7 Å². The first-order valence-corrected chi connectivity index (χ1v) is 11.2. The number of halogens is 3. The van der Waals surface area contributed by atoms with Crippen LogP contribution in [0, 0.1) is 0 Å². The Bertz CT molecular complexity index is 1040. The molecular formula is C18H15F3O3S3. The first-order valence-electron chi connectivity index (χ1n) is 7.79. The Morgan fingerprint density at radius 2 is 1.81 bits per heavy atom. The molecule has 3 aromatic rings. The lowest BCUT2D eigenvalue weighted by Gasteiger charge is -2.15. The fraction of sp³-hybridized carbons (Fsp3) is 0.222. The zero-order valence-corrected chi connectivity index (χ0v) is 16.7. The highest BCUT2D eigenvalue weighted by atomic mass is 32.2. The smallest absolute Gasteiger partial charge is 0.375 e. The number of benzene rings is 2. The maximum atomic E-state index is 12.6. The van der Waals surface area contributed by atoms with Crippen molar-refractivity contribution in [1.82, 2.24) is 0 Å². The minimum Gasteiger partial charge on any atom is -0.375 e. The predicted octanol–water partition coefficient (Wildman–Crippen LogP) is 6.00. The van der Waals surface area contributed by atoms with Crippen LogP contribution in [-0.2, 0) is 10.1 Å². The Balaban J connectivity index is 1.93. The number of hydrogen-bond acceptors (Lipinski definition) is 5. The van der Waals surface area contributed by atoms with Gasteiger partial charge in [-0.2, -0.15) is 21.6 Å². The third kappa shape index (κ3) is 4.09. The molecule has 0 aliphatic rings. The molecule has 0 saturated carbocycles. The predicted molar refractivity (Wildman–Crippen MR) is 103 cm³/mol. The van der Waals surface area contributed by atoms with Gasteiger partial charge in [-0.15, -0.1) is 23.1 Å². The molecule has 0 amide bonds. The highest BCUT2D eigenvalue weighted by Gasteiger charge is 2.48. The van der Waals surface area contributed by atoms with Crippen molar-refractivity contribution in [2.45, 2.75) is 23.2 Å². The van der Waals surface area contributed by atoms with Crippen LogP contribution in [0.3, 0.4) is 0 Å². The van der Waals surface area contributed by atoms with Crippen LogP contribution in [0.5, 0.6) is 5.75 Å². The van der Waals surface area contributed by atoms with Crippen LogP contribution >= 0.6 is 23.1 Å². The van der Waals surface area contributed by atoms with Crippen molar-refractivity contribution in [2.75, 3.05) is 6.26 Å². The number of thiophene rings is 1. The molecule has 0 fully saturated rings. The summed E-state index contributed by atoms with van der Waals surface area (Å²) in [6, 6.07) is 14.6. The van der Waals surface area contributed by atoms with Gasteiger partial charge in [0.15, 0.2) is 5.75 Å². The molecule has 2 aromatic carbocycles. The van der Waals surface area contributed by atoms with Crippen LogP contribution in [0.1, 0.15) is 23.3 Å². The summed E-state index contributed by atoms with van der Waals surface area (Å²) in [5.74, 6) is -0.325. The van der Waals surface area contributed by atoms with E-state index in [2.05, 4.69) is 10.2 Å². The topological polar surface area (TPSA) is 43.4 Å². The molecule has 0 radical (unpaired) electrons. The van der Waals surface area contributed by atoms with Crippen molar-refractivity contribution in [2.24, 2.45) is 0 Å². The molecule has 0 aliphatic carbocycles. The van der Waals surface area contributed by atoms with Gasteiger partial charge in [-0.05, 0) is 41.5 Å². The second-order valence-corrected chi connectivity index (χ2v) is 9.30. The molecule has 0 spiro atoms. The van der Waals surface area contributed by atoms with E-state index in [1.165, 1.54) is 6.07 Å². The first-order chi connectivity index (χ1) is 12.6. The molecule has 1 unspecified atom stereocenters. The third-order valence-corrected chi connectivity index (χ3v) is 7.07. The Kier molecular flexibility index (Phi) is 5.47. The molecule has 9 heteroatoms. The third-order valence-electron chi connectivity index (χ3n) is 4.04. The van der Waals surface area contributed by atoms with Gasteiger partial charge in [0.25, 0.3) is 0 Å². The van der Waals surface area contributed by atoms with Gasteiger partial charge < -0.3 is 4.18 Å². The zero-order chi connectivity index (χ0) is 19.8. The summed E-state index contributed by atoms with van der Waals surface area (Å²) < 4.78 is 65.7. The van der Waals surface area contributed by atoms with Gasteiger partial charge in [0.1, 0.15) is 0 Å². The molecule has 3 nitrogen and oxygen atoms in total. The van der Waals surface area contributed by atoms with Crippen LogP contribution in [0.15, 0.2) is 53.4 Å². The van der Waals surface area contributed by atoms with Gasteiger partial charge in [-0.3, -0.25) is 0 Å². The molecule has 0 bridgehead atoms. The molecule has 27 heavy (non-hydrogen) atoms. The van der Waals surface area contributed by atoms with E-state index in [0.29, 0.717) is 4.90 Å². The van der Waals surface area contributed by atoms with Gasteiger partial charge in [-0.1, -0.05) is 31.2 Å². The first kappa shape index (κ1) is 20.0. The highest BCUT2D eigenvalue weighted by Crippen LogP contribution is 2.38. The maximum Gasteiger partial charge on any atom is 0.534 e. The van der Waals surface area contributed by atoms with Gasteiger partial charge >= 0.3 is 15.6 Å². The quantitative estimate of drug-likeness (QED) is 0.282. The summed E-state index contributed by atoms with van der Waals surface area (Å²) in [6.45, 7) is 2.00. The number of fused-ring (bicyclic) bond motifs is 1. The average Bonchev–Trinajstić information content (AvgIpc) is 3.04. The summed E-state index contributed by atoms with van der Waals surface area (Å²) in [5.41, 5.74) is -4.60. The molecule has 1 heterocycles. The van der Waals surface area contributed by atoms with Gasteiger partial charge in [-0.25, -0.2) is 0 Å². The molecular weight excluding hydrogens is 417 g/mol. The van der Waals surface area contributed by atoms with Crippen LogP contribution in [-0.4, -0.2) is 20.2 Å². The Hall–Kier alpha value is -1.71. The van der Waals surface area contributed by atoms with Gasteiger partial charge in [0, 0.05) is 15.5 Å². The fourth-order valence-electron chi connectivity index (χ4n) is 2.57. The SMILES string of the molecule is CSc1cc(C(C)c2cc3ccccc3s2)ccc1OS(=O)(=O)C(F)(F)F. The largest absolute Gasteiger partial charge is 0.534 e. The molecule has 1 aromatic heterocycles. The minimum atomic E-state index is -5.70. The minimum absolute atomic E-state index is 0.00146. The highest BCUT2D eigenvalue weighted by molar-refractivity contribution is 7.98. The van der Waals surface area contributed by atoms with E-state index in [9.17, 15) is 21.6 Å². The summed E-state index contributed by atoms with van der Waals surface area (Å²) in [5, 5.41) is 1.13. The Morgan fingerprint density at radius 3 is 2.44 bits per heavy atom. The standard InChI is InChI=1S/C18H15F3O3S3/c1-11(16-10-13-5-3-4-6-15(13)26-16)12-7-8-14(17(9-12)25-2)24-27(22,23)18(19,20)21/h3-11H,1-2H3. The van der Waals surface area contributed by atoms with E-state index in [1.807, 2.05) is 31.2 Å². The van der Waals surface area contributed by atoms with Crippen molar-refractivity contribution in [3.8, 4) is 5.75 Å². The van der Waals surface area contributed by atoms with Crippen molar-refractivity contribution < 1.29 is 25.8 Å². The summed E-state index contributed by atoms with van der Waals surface area (Å²) in [6.07, 6.45) is 1.65. The van der Waals surface area contributed by atoms with Crippen LogP contribution in [0.2, 0.25) is 0 Å². The second kappa shape index (κ2) is 7.37. The monoisotopic (exact) mass is 432 g/mol. The number of alkyl halides is 3. The summed E-state index contributed by atoms with van der Waals surface area (Å²) >= 11 is 2.77. The van der Waals surface area contributed by atoms with Crippen LogP contribution < -0.4 is 4.18 Å². The van der Waals surface area contributed by atoms with Crippen molar-refractivity contribution >= 4 is 43.3 Å². The summed E-state index contributed by atoms with van der Waals surface area (Å²) in [4.78, 5) is 1.44. The number of thioether (sulfide) groups is 1. The Labute approximate surface area is 163 Å². The normalized spacial score (nSPS) is 13.7. The van der Waals surface area contributed by atoms with E-state index in [1.54, 1.807) is 29.7 Å². The maximum absolute atomic E-state index is 12.6. The van der Waals surface area contributed by atoms with Crippen molar-refractivity contribution in [1.29, 1.82) is 0 Å². The molecule has 1 atom stereocenters. The van der Waals surface area contributed by atoms with E-state index in [0.717, 1.165) is 32.3 Å². The van der Waals surface area contributed by atoms with Crippen molar-refractivity contribution in [3.05, 3.63) is 59.0 Å². The molecule has 0 saturated heterocycles. The number of hydrogen-bond donors (Lipinski definition) is 0. The lowest BCUT2D eigenvalue weighted by atomic mass is 9.99. The Morgan fingerprint density at radius 1 is 1.11 bits per heavy atom.